The van der Waals surface area contributed by atoms with Crippen LogP contribution in [0.15, 0.2) is 18.3 Å². The summed E-state index contributed by atoms with van der Waals surface area (Å²) in [6.45, 7) is 3.38. The molecule has 1 aromatic rings. The second-order valence-electron chi connectivity index (χ2n) is 3.56. The van der Waals surface area contributed by atoms with Gasteiger partial charge in [0.15, 0.2) is 20.7 Å². The maximum Gasteiger partial charge on any atom is 0.171 e. The monoisotopic (exact) mass is 263 g/mol. The molecule has 1 rings (SSSR count). The summed E-state index contributed by atoms with van der Waals surface area (Å²) in [7, 11) is -3.07. The van der Waals surface area contributed by atoms with Crippen LogP contribution in [0.2, 0.25) is 5.15 Å². The highest BCUT2D eigenvalue weighted by Crippen LogP contribution is 2.20. The van der Waals surface area contributed by atoms with Crippen LogP contribution in [0.5, 0.6) is 5.75 Å². The molecular formula is C10H14ClNO3S. The van der Waals surface area contributed by atoms with E-state index >= 15 is 0 Å². The SMILES string of the molecule is CC(C)S(=O)(=O)CCOc1cccnc1Cl. The van der Waals surface area contributed by atoms with E-state index in [4.69, 9.17) is 16.3 Å². The van der Waals surface area contributed by atoms with Crippen LogP contribution in [-0.2, 0) is 9.84 Å². The Hall–Kier alpha value is -0.810. The van der Waals surface area contributed by atoms with Gasteiger partial charge in [0.1, 0.15) is 6.61 Å². The number of nitrogens with zero attached hydrogens (tertiary/aromatic N) is 1. The van der Waals surface area contributed by atoms with E-state index in [9.17, 15) is 8.42 Å². The van der Waals surface area contributed by atoms with Crippen molar-refractivity contribution in [2.24, 2.45) is 0 Å². The lowest BCUT2D eigenvalue weighted by molar-refractivity contribution is 0.339. The summed E-state index contributed by atoms with van der Waals surface area (Å²) in [5.74, 6) is 0.388. The van der Waals surface area contributed by atoms with Gasteiger partial charge in [0.25, 0.3) is 0 Å². The number of halogens is 1. The van der Waals surface area contributed by atoms with E-state index in [-0.39, 0.29) is 22.8 Å². The molecule has 0 aliphatic heterocycles. The molecule has 0 spiro atoms. The molecule has 0 unspecified atom stereocenters. The third kappa shape index (κ3) is 3.64. The lowest BCUT2D eigenvalue weighted by Gasteiger charge is -2.09. The Kier molecular flexibility index (Phi) is 4.56. The Balaban J connectivity index is 2.52. The predicted octanol–water partition coefficient (Wildman–Crippen LogP) is 1.94. The van der Waals surface area contributed by atoms with Gasteiger partial charge in [-0.15, -0.1) is 0 Å². The van der Waals surface area contributed by atoms with Crippen molar-refractivity contribution in [3.63, 3.8) is 0 Å². The van der Waals surface area contributed by atoms with Gasteiger partial charge in [-0.25, -0.2) is 13.4 Å². The van der Waals surface area contributed by atoms with Crippen molar-refractivity contribution in [3.8, 4) is 5.75 Å². The molecule has 0 saturated carbocycles. The van der Waals surface area contributed by atoms with Gasteiger partial charge in [-0.05, 0) is 26.0 Å². The number of sulfone groups is 1. The minimum absolute atomic E-state index is 0.0180. The molecule has 0 aromatic carbocycles. The van der Waals surface area contributed by atoms with E-state index < -0.39 is 9.84 Å². The van der Waals surface area contributed by atoms with Gasteiger partial charge in [-0.1, -0.05) is 11.6 Å². The van der Waals surface area contributed by atoms with Crippen molar-refractivity contribution in [1.82, 2.24) is 4.98 Å². The summed E-state index contributed by atoms with van der Waals surface area (Å²) in [5, 5.41) is -0.148. The minimum atomic E-state index is -3.07. The van der Waals surface area contributed by atoms with E-state index in [1.807, 2.05) is 0 Å². The van der Waals surface area contributed by atoms with Crippen LogP contribution in [0.25, 0.3) is 0 Å². The number of ether oxygens (including phenoxy) is 1. The Labute approximate surface area is 101 Å². The van der Waals surface area contributed by atoms with Crippen molar-refractivity contribution in [2.75, 3.05) is 12.4 Å². The largest absolute Gasteiger partial charge is 0.489 e. The van der Waals surface area contributed by atoms with Crippen LogP contribution in [0.3, 0.4) is 0 Å². The van der Waals surface area contributed by atoms with Crippen LogP contribution >= 0.6 is 11.6 Å². The second kappa shape index (κ2) is 5.50. The molecular weight excluding hydrogens is 250 g/mol. The highest BCUT2D eigenvalue weighted by atomic mass is 35.5. The highest BCUT2D eigenvalue weighted by Gasteiger charge is 2.16. The molecule has 6 heteroatoms. The first-order valence-corrected chi connectivity index (χ1v) is 6.97. The fraction of sp³-hybridized carbons (Fsp3) is 0.500. The number of hydrogen-bond donors (Lipinski definition) is 0. The van der Waals surface area contributed by atoms with Crippen LogP contribution in [0.1, 0.15) is 13.8 Å². The van der Waals surface area contributed by atoms with Gasteiger partial charge in [-0.2, -0.15) is 0 Å². The van der Waals surface area contributed by atoms with Crippen LogP contribution < -0.4 is 4.74 Å². The summed E-state index contributed by atoms with van der Waals surface area (Å²) in [6.07, 6.45) is 1.54. The summed E-state index contributed by atoms with van der Waals surface area (Å²) < 4.78 is 28.2. The van der Waals surface area contributed by atoms with Gasteiger partial charge < -0.3 is 4.74 Å². The van der Waals surface area contributed by atoms with Gasteiger partial charge >= 0.3 is 0 Å². The van der Waals surface area contributed by atoms with Crippen molar-refractivity contribution < 1.29 is 13.2 Å². The molecule has 4 nitrogen and oxygen atoms in total. The van der Waals surface area contributed by atoms with E-state index in [2.05, 4.69) is 4.98 Å². The molecule has 0 aliphatic rings. The van der Waals surface area contributed by atoms with E-state index in [1.165, 1.54) is 0 Å². The Morgan fingerprint density at radius 3 is 2.75 bits per heavy atom. The normalized spacial score (nSPS) is 11.8. The van der Waals surface area contributed by atoms with Crippen LogP contribution in [-0.4, -0.2) is 31.0 Å². The zero-order valence-electron chi connectivity index (χ0n) is 9.18. The molecule has 90 valence electrons. The van der Waals surface area contributed by atoms with Gasteiger partial charge in [0.2, 0.25) is 0 Å². The summed E-state index contributed by atoms with van der Waals surface area (Å²) in [4.78, 5) is 3.82. The molecule has 16 heavy (non-hydrogen) atoms. The quantitative estimate of drug-likeness (QED) is 0.762. The lowest BCUT2D eigenvalue weighted by Crippen LogP contribution is -2.22. The molecule has 0 atom stereocenters. The van der Waals surface area contributed by atoms with E-state index in [1.54, 1.807) is 32.2 Å². The first-order valence-electron chi connectivity index (χ1n) is 4.88. The molecule has 0 saturated heterocycles. The molecule has 1 aromatic heterocycles. The number of aromatic nitrogens is 1. The standard InChI is InChI=1S/C10H14ClNO3S/c1-8(2)16(13,14)7-6-15-9-4-3-5-12-10(9)11/h3-5,8H,6-7H2,1-2H3. The first-order chi connectivity index (χ1) is 7.43. The smallest absolute Gasteiger partial charge is 0.171 e. The number of pyridine rings is 1. The van der Waals surface area contributed by atoms with Crippen molar-refractivity contribution >= 4 is 21.4 Å². The van der Waals surface area contributed by atoms with Crippen molar-refractivity contribution in [1.29, 1.82) is 0 Å². The second-order valence-corrected chi connectivity index (χ2v) is 6.59. The van der Waals surface area contributed by atoms with E-state index in [0.717, 1.165) is 0 Å². The molecule has 0 bridgehead atoms. The summed E-state index contributed by atoms with van der Waals surface area (Å²) in [5.41, 5.74) is 0. The zero-order chi connectivity index (χ0) is 12.2. The lowest BCUT2D eigenvalue weighted by atomic mass is 10.5. The highest BCUT2D eigenvalue weighted by molar-refractivity contribution is 7.91. The van der Waals surface area contributed by atoms with Crippen molar-refractivity contribution in [3.05, 3.63) is 23.5 Å². The van der Waals surface area contributed by atoms with E-state index in [0.29, 0.717) is 5.75 Å². The van der Waals surface area contributed by atoms with Crippen LogP contribution in [0, 0.1) is 0 Å². The van der Waals surface area contributed by atoms with Gasteiger partial charge in [0.05, 0.1) is 11.0 Å². The molecule has 1 heterocycles. The Bertz CT molecular complexity index is 445. The minimum Gasteiger partial charge on any atom is -0.489 e. The van der Waals surface area contributed by atoms with Crippen molar-refractivity contribution in [2.45, 2.75) is 19.1 Å². The van der Waals surface area contributed by atoms with Gasteiger partial charge in [0, 0.05) is 6.20 Å². The van der Waals surface area contributed by atoms with Gasteiger partial charge in [-0.3, -0.25) is 0 Å². The maximum absolute atomic E-state index is 11.5. The third-order valence-electron chi connectivity index (χ3n) is 2.07. The molecule has 0 fully saturated rings. The first kappa shape index (κ1) is 13.3. The Morgan fingerprint density at radius 1 is 1.50 bits per heavy atom. The third-order valence-corrected chi connectivity index (χ3v) is 4.52. The topological polar surface area (TPSA) is 56.3 Å². The Morgan fingerprint density at radius 2 is 2.19 bits per heavy atom. The maximum atomic E-state index is 11.5. The summed E-state index contributed by atoms with van der Waals surface area (Å²) >= 11 is 5.75. The molecule has 0 aliphatic carbocycles. The molecule has 0 N–H and O–H groups in total. The zero-order valence-corrected chi connectivity index (χ0v) is 10.8. The average Bonchev–Trinajstić information content (AvgIpc) is 2.20. The number of rotatable bonds is 5. The number of hydrogen-bond acceptors (Lipinski definition) is 4. The fourth-order valence-electron chi connectivity index (χ4n) is 0.982. The molecule has 0 radical (unpaired) electrons. The average molecular weight is 264 g/mol. The predicted molar refractivity (Wildman–Crippen MR) is 63.7 cm³/mol. The molecule has 0 amide bonds. The summed E-state index contributed by atoms with van der Waals surface area (Å²) in [6, 6.07) is 3.33. The fourth-order valence-corrected chi connectivity index (χ4v) is 1.94. The van der Waals surface area contributed by atoms with Crippen LogP contribution in [0.4, 0.5) is 0 Å².